The second kappa shape index (κ2) is 9.91. The highest BCUT2D eigenvalue weighted by molar-refractivity contribution is 5.96. The van der Waals surface area contributed by atoms with Crippen LogP contribution in [0.3, 0.4) is 0 Å². The van der Waals surface area contributed by atoms with E-state index >= 15 is 0 Å². The van der Waals surface area contributed by atoms with E-state index in [4.69, 9.17) is 4.74 Å². The fourth-order valence-corrected chi connectivity index (χ4v) is 3.19. The number of hydrogen-bond acceptors (Lipinski definition) is 4. The maximum absolute atomic E-state index is 12.4. The zero-order chi connectivity index (χ0) is 21.5. The fraction of sp³-hybridized carbons (Fsp3) is 0.348. The molecule has 1 saturated heterocycles. The van der Waals surface area contributed by atoms with Crippen LogP contribution in [0, 0.1) is 11.8 Å². The Hall–Kier alpha value is -3.35. The molecule has 1 unspecified atom stereocenters. The van der Waals surface area contributed by atoms with Crippen molar-refractivity contribution in [3.63, 3.8) is 0 Å². The van der Waals surface area contributed by atoms with Crippen LogP contribution in [0.1, 0.15) is 36.2 Å². The Morgan fingerprint density at radius 3 is 2.60 bits per heavy atom. The van der Waals surface area contributed by atoms with Gasteiger partial charge in [-0.25, -0.2) is 0 Å². The Labute approximate surface area is 176 Å². The third-order valence-electron chi connectivity index (χ3n) is 4.78. The Balaban J connectivity index is 1.50. The average Bonchev–Trinajstić information content (AvgIpc) is 3.11. The summed E-state index contributed by atoms with van der Waals surface area (Å²) in [6, 6.07) is 16.4. The number of likely N-dealkylation sites (tertiary alicyclic amines) is 1. The van der Waals surface area contributed by atoms with Crippen molar-refractivity contribution >= 4 is 17.7 Å². The van der Waals surface area contributed by atoms with Gasteiger partial charge in [-0.15, -0.1) is 0 Å². The molecule has 2 N–H and O–H groups in total. The molecule has 1 heterocycles. The van der Waals surface area contributed by atoms with Crippen LogP contribution in [0.25, 0.3) is 0 Å². The fourth-order valence-electron chi connectivity index (χ4n) is 3.19. The van der Waals surface area contributed by atoms with E-state index in [-0.39, 0.29) is 18.2 Å². The predicted molar refractivity (Wildman–Crippen MR) is 112 cm³/mol. The molecule has 3 rings (SSSR count). The van der Waals surface area contributed by atoms with Gasteiger partial charge < -0.3 is 9.64 Å². The lowest BCUT2D eigenvalue weighted by Crippen LogP contribution is -2.45. The zero-order valence-electron chi connectivity index (χ0n) is 17.3. The normalized spacial score (nSPS) is 15.9. The first-order valence-electron chi connectivity index (χ1n) is 10.1. The van der Waals surface area contributed by atoms with Crippen LogP contribution in [-0.2, 0) is 16.1 Å². The minimum Gasteiger partial charge on any atom is -0.493 e. The Morgan fingerprint density at radius 2 is 1.87 bits per heavy atom. The topological polar surface area (TPSA) is 87.7 Å². The van der Waals surface area contributed by atoms with E-state index in [9.17, 15) is 14.4 Å². The van der Waals surface area contributed by atoms with Crippen molar-refractivity contribution in [2.75, 3.05) is 13.2 Å². The minimum absolute atomic E-state index is 0.0691. The zero-order valence-corrected chi connectivity index (χ0v) is 17.3. The van der Waals surface area contributed by atoms with Crippen LogP contribution in [0.5, 0.6) is 5.75 Å². The number of nitrogens with one attached hydrogen (secondary N) is 2. The van der Waals surface area contributed by atoms with Gasteiger partial charge in [0.15, 0.2) is 0 Å². The van der Waals surface area contributed by atoms with Crippen molar-refractivity contribution < 1.29 is 19.1 Å². The molecule has 1 atom stereocenters. The summed E-state index contributed by atoms with van der Waals surface area (Å²) < 4.78 is 5.63. The molecule has 3 amide bonds. The monoisotopic (exact) mass is 409 g/mol. The quantitative estimate of drug-likeness (QED) is 0.688. The maximum Gasteiger partial charge on any atom is 0.269 e. The van der Waals surface area contributed by atoms with Gasteiger partial charge >= 0.3 is 0 Å². The van der Waals surface area contributed by atoms with Gasteiger partial charge in [0.1, 0.15) is 5.75 Å². The number of ether oxygens (including phenoxy) is 1. The van der Waals surface area contributed by atoms with E-state index in [1.165, 1.54) is 0 Å². The molecule has 0 aromatic heterocycles. The van der Waals surface area contributed by atoms with E-state index in [0.29, 0.717) is 36.9 Å². The smallest absolute Gasteiger partial charge is 0.269 e. The number of carbonyl (C=O) groups is 3. The first kappa shape index (κ1) is 21.4. The summed E-state index contributed by atoms with van der Waals surface area (Å²) in [6.45, 7) is 5.44. The molecule has 1 aliphatic rings. The van der Waals surface area contributed by atoms with Gasteiger partial charge in [0.05, 0.1) is 12.5 Å². The van der Waals surface area contributed by atoms with Crippen LogP contribution in [-0.4, -0.2) is 35.8 Å². The molecule has 0 aliphatic carbocycles. The molecule has 2 aromatic rings. The maximum atomic E-state index is 12.4. The van der Waals surface area contributed by atoms with Gasteiger partial charge in [0, 0.05) is 25.1 Å². The van der Waals surface area contributed by atoms with Gasteiger partial charge in [-0.3, -0.25) is 25.2 Å². The van der Waals surface area contributed by atoms with E-state index < -0.39 is 11.8 Å². The minimum atomic E-state index is -0.498. The lowest BCUT2D eigenvalue weighted by molar-refractivity contribution is -0.129. The molecule has 158 valence electrons. The Bertz CT molecular complexity index is 898. The molecule has 0 spiro atoms. The average molecular weight is 409 g/mol. The predicted octanol–water partition coefficient (Wildman–Crippen LogP) is 2.53. The molecule has 2 aromatic carbocycles. The second-order valence-corrected chi connectivity index (χ2v) is 7.84. The number of carbonyl (C=O) groups excluding carboxylic acids is 3. The summed E-state index contributed by atoms with van der Waals surface area (Å²) in [6.07, 6.45) is 0.132. The van der Waals surface area contributed by atoms with Crippen molar-refractivity contribution in [1.82, 2.24) is 15.8 Å². The highest BCUT2D eigenvalue weighted by atomic mass is 16.5. The van der Waals surface area contributed by atoms with Crippen molar-refractivity contribution in [2.24, 2.45) is 11.8 Å². The molecule has 0 bridgehead atoms. The number of hydrazine groups is 1. The van der Waals surface area contributed by atoms with Gasteiger partial charge in [-0.1, -0.05) is 50.2 Å². The first-order chi connectivity index (χ1) is 14.4. The van der Waals surface area contributed by atoms with E-state index in [1.807, 2.05) is 44.2 Å². The van der Waals surface area contributed by atoms with Crippen molar-refractivity contribution in [1.29, 1.82) is 0 Å². The highest BCUT2D eigenvalue weighted by Crippen LogP contribution is 2.20. The Morgan fingerprint density at radius 1 is 1.10 bits per heavy atom. The number of hydrogen-bond donors (Lipinski definition) is 2. The molecule has 0 saturated carbocycles. The molecule has 0 radical (unpaired) electrons. The number of rotatable bonds is 7. The largest absolute Gasteiger partial charge is 0.493 e. The molecular weight excluding hydrogens is 382 g/mol. The lowest BCUT2D eigenvalue weighted by atomic mass is 10.1. The van der Waals surface area contributed by atoms with Crippen LogP contribution in [0.4, 0.5) is 0 Å². The number of amides is 3. The molecular formula is C23H27N3O4. The van der Waals surface area contributed by atoms with Gasteiger partial charge in [-0.05, 0) is 29.7 Å². The molecule has 7 heteroatoms. The molecule has 1 aliphatic heterocycles. The summed E-state index contributed by atoms with van der Waals surface area (Å²) in [5.41, 5.74) is 6.26. The highest BCUT2D eigenvalue weighted by Gasteiger charge is 2.34. The van der Waals surface area contributed by atoms with Gasteiger partial charge in [-0.2, -0.15) is 0 Å². The van der Waals surface area contributed by atoms with Crippen molar-refractivity contribution in [3.05, 3.63) is 65.7 Å². The second-order valence-electron chi connectivity index (χ2n) is 7.84. The third kappa shape index (κ3) is 5.83. The standard InChI is InChI=1S/C23H27N3O4/c1-16(2)15-30-20-10-6-9-18(11-20)22(28)24-25-23(29)19-12-21(27)26(14-19)13-17-7-4-3-5-8-17/h3-11,16,19H,12-15H2,1-2H3,(H,24,28)(H,25,29). The van der Waals surface area contributed by atoms with Gasteiger partial charge in [0.25, 0.3) is 5.91 Å². The molecule has 1 fully saturated rings. The van der Waals surface area contributed by atoms with Crippen molar-refractivity contribution in [3.8, 4) is 5.75 Å². The Kier molecular flexibility index (Phi) is 7.06. The van der Waals surface area contributed by atoms with E-state index in [2.05, 4.69) is 10.9 Å². The van der Waals surface area contributed by atoms with E-state index in [1.54, 1.807) is 29.2 Å². The third-order valence-corrected chi connectivity index (χ3v) is 4.78. The SMILES string of the molecule is CC(C)COc1cccc(C(=O)NNC(=O)C2CC(=O)N(Cc3ccccc3)C2)c1. The van der Waals surface area contributed by atoms with Gasteiger partial charge in [0.2, 0.25) is 11.8 Å². The first-order valence-corrected chi connectivity index (χ1v) is 10.1. The summed E-state index contributed by atoms with van der Waals surface area (Å²) in [5.74, 6) is -0.413. The van der Waals surface area contributed by atoms with Crippen LogP contribution >= 0.6 is 0 Å². The van der Waals surface area contributed by atoms with E-state index in [0.717, 1.165) is 5.56 Å². The van der Waals surface area contributed by atoms with Crippen LogP contribution in [0.15, 0.2) is 54.6 Å². The van der Waals surface area contributed by atoms with Crippen molar-refractivity contribution in [2.45, 2.75) is 26.8 Å². The summed E-state index contributed by atoms with van der Waals surface area (Å²) in [4.78, 5) is 38.7. The summed E-state index contributed by atoms with van der Waals surface area (Å²) in [7, 11) is 0. The van der Waals surface area contributed by atoms with Crippen LogP contribution in [0.2, 0.25) is 0 Å². The summed E-state index contributed by atoms with van der Waals surface area (Å²) in [5, 5.41) is 0. The number of nitrogens with zero attached hydrogens (tertiary/aromatic N) is 1. The molecule has 7 nitrogen and oxygen atoms in total. The molecule has 30 heavy (non-hydrogen) atoms. The summed E-state index contributed by atoms with van der Waals surface area (Å²) >= 11 is 0. The number of benzene rings is 2. The lowest BCUT2D eigenvalue weighted by Gasteiger charge is -2.17. The van der Waals surface area contributed by atoms with Crippen LogP contribution < -0.4 is 15.6 Å².